The van der Waals surface area contributed by atoms with Crippen LogP contribution in [-0.2, 0) is 0 Å². The summed E-state index contributed by atoms with van der Waals surface area (Å²) < 4.78 is 0. The molecule has 1 aliphatic heterocycles. The van der Waals surface area contributed by atoms with Crippen LogP contribution < -0.4 is 5.32 Å². The van der Waals surface area contributed by atoms with Gasteiger partial charge in [0.1, 0.15) is 0 Å². The Labute approximate surface area is 55.8 Å². The molecular formula is C8H13N. The molecule has 2 aliphatic carbocycles. The van der Waals surface area contributed by atoms with E-state index >= 15 is 0 Å². The normalized spacial score (nSPS) is 55.3. The summed E-state index contributed by atoms with van der Waals surface area (Å²) in [5, 5.41) is 3.35. The van der Waals surface area contributed by atoms with E-state index in [0.717, 1.165) is 11.8 Å². The van der Waals surface area contributed by atoms with E-state index in [2.05, 4.69) is 5.32 Å². The Balaban J connectivity index is 1.66. The maximum Gasteiger partial charge on any atom is -0.000549 e. The number of rotatable bonds is 1. The lowest BCUT2D eigenvalue weighted by Crippen LogP contribution is -2.48. The van der Waals surface area contributed by atoms with Gasteiger partial charge < -0.3 is 5.32 Å². The lowest BCUT2D eigenvalue weighted by molar-refractivity contribution is 0.135. The van der Waals surface area contributed by atoms with E-state index in [9.17, 15) is 0 Å². The molecule has 2 saturated carbocycles. The molecule has 0 aromatic carbocycles. The molecule has 0 amide bonds. The summed E-state index contributed by atoms with van der Waals surface area (Å²) in [5.74, 6) is 4.66. The predicted octanol–water partition coefficient (Wildman–Crippen LogP) is 0.862. The molecule has 1 nitrogen and oxygen atoms in total. The first-order valence-electron chi connectivity index (χ1n) is 4.16. The summed E-state index contributed by atoms with van der Waals surface area (Å²) in [6.45, 7) is 2.65. The fourth-order valence-electron chi connectivity index (χ4n) is 2.55. The van der Waals surface area contributed by atoms with Gasteiger partial charge in [-0.25, -0.2) is 0 Å². The van der Waals surface area contributed by atoms with Crippen molar-refractivity contribution in [2.75, 3.05) is 13.1 Å². The van der Waals surface area contributed by atoms with Gasteiger partial charge in [-0.1, -0.05) is 0 Å². The molecule has 0 aromatic heterocycles. The Kier molecular flexibility index (Phi) is 0.704. The minimum atomic E-state index is 1.09. The van der Waals surface area contributed by atoms with Gasteiger partial charge in [-0.15, -0.1) is 0 Å². The van der Waals surface area contributed by atoms with E-state index in [-0.39, 0.29) is 0 Å². The zero-order valence-corrected chi connectivity index (χ0v) is 5.64. The van der Waals surface area contributed by atoms with Gasteiger partial charge in [-0.2, -0.15) is 0 Å². The minimum Gasteiger partial charge on any atom is -0.316 e. The molecule has 0 spiro atoms. The molecule has 3 unspecified atom stereocenters. The van der Waals surface area contributed by atoms with Crippen LogP contribution in [0.4, 0.5) is 0 Å². The van der Waals surface area contributed by atoms with Crippen molar-refractivity contribution < 1.29 is 0 Å². The van der Waals surface area contributed by atoms with Gasteiger partial charge in [0.15, 0.2) is 0 Å². The summed E-state index contributed by atoms with van der Waals surface area (Å²) in [5.41, 5.74) is 0. The smallest absolute Gasteiger partial charge is 0.000549 e. The zero-order chi connectivity index (χ0) is 5.84. The highest BCUT2D eigenvalue weighted by atomic mass is 15.0. The van der Waals surface area contributed by atoms with Gasteiger partial charge >= 0.3 is 0 Å². The standard InChI is InChI=1S/C8H13N/c1-5-2-8(7(1)5)6-3-9-4-6/h5-9H,1-4H2. The molecule has 9 heavy (non-hydrogen) atoms. The third-order valence-corrected chi connectivity index (χ3v) is 3.52. The molecule has 1 saturated heterocycles. The quantitative estimate of drug-likeness (QED) is 0.545. The SMILES string of the molecule is C1NCC1C1CC2CC21. The van der Waals surface area contributed by atoms with Crippen molar-refractivity contribution in [1.29, 1.82) is 0 Å². The predicted molar refractivity (Wildman–Crippen MR) is 36.1 cm³/mol. The van der Waals surface area contributed by atoms with Crippen molar-refractivity contribution in [2.24, 2.45) is 23.7 Å². The molecular weight excluding hydrogens is 110 g/mol. The van der Waals surface area contributed by atoms with Crippen LogP contribution in [0.2, 0.25) is 0 Å². The van der Waals surface area contributed by atoms with E-state index in [4.69, 9.17) is 0 Å². The first-order chi connectivity index (χ1) is 4.45. The van der Waals surface area contributed by atoms with Crippen LogP contribution in [-0.4, -0.2) is 13.1 Å². The third-order valence-electron chi connectivity index (χ3n) is 3.52. The number of nitrogens with one attached hydrogen (secondary N) is 1. The molecule has 1 heterocycles. The molecule has 0 radical (unpaired) electrons. The number of hydrogen-bond donors (Lipinski definition) is 1. The molecule has 3 aliphatic rings. The summed E-state index contributed by atoms with van der Waals surface area (Å²) in [6.07, 6.45) is 3.16. The lowest BCUT2D eigenvalue weighted by Gasteiger charge is -2.39. The lowest BCUT2D eigenvalue weighted by atomic mass is 9.73. The fourth-order valence-corrected chi connectivity index (χ4v) is 2.55. The molecule has 0 bridgehead atoms. The van der Waals surface area contributed by atoms with Crippen molar-refractivity contribution in [3.05, 3.63) is 0 Å². The van der Waals surface area contributed by atoms with Crippen LogP contribution in [0.3, 0.4) is 0 Å². The molecule has 50 valence electrons. The molecule has 3 atom stereocenters. The van der Waals surface area contributed by atoms with Crippen molar-refractivity contribution in [3.63, 3.8) is 0 Å². The summed E-state index contributed by atoms with van der Waals surface area (Å²) >= 11 is 0. The summed E-state index contributed by atoms with van der Waals surface area (Å²) in [4.78, 5) is 0. The number of fused-ring (bicyclic) bond motifs is 1. The monoisotopic (exact) mass is 123 g/mol. The molecule has 1 N–H and O–H groups in total. The Bertz CT molecular complexity index is 140. The van der Waals surface area contributed by atoms with Crippen LogP contribution in [0.25, 0.3) is 0 Å². The van der Waals surface area contributed by atoms with Crippen molar-refractivity contribution in [1.82, 2.24) is 5.32 Å². The zero-order valence-electron chi connectivity index (χ0n) is 5.64. The fraction of sp³-hybridized carbons (Fsp3) is 1.00. The highest BCUT2D eigenvalue weighted by Gasteiger charge is 2.56. The first kappa shape index (κ1) is 4.73. The van der Waals surface area contributed by atoms with Gasteiger partial charge in [0.25, 0.3) is 0 Å². The van der Waals surface area contributed by atoms with Gasteiger partial charge in [-0.05, 0) is 49.6 Å². The Morgan fingerprint density at radius 3 is 1.89 bits per heavy atom. The van der Waals surface area contributed by atoms with Crippen molar-refractivity contribution in [2.45, 2.75) is 12.8 Å². The van der Waals surface area contributed by atoms with Gasteiger partial charge in [0.2, 0.25) is 0 Å². The van der Waals surface area contributed by atoms with E-state index in [1.807, 2.05) is 0 Å². The average molecular weight is 123 g/mol. The van der Waals surface area contributed by atoms with E-state index in [1.54, 1.807) is 12.8 Å². The Morgan fingerprint density at radius 2 is 1.56 bits per heavy atom. The topological polar surface area (TPSA) is 12.0 Å². The van der Waals surface area contributed by atoms with Crippen molar-refractivity contribution >= 4 is 0 Å². The first-order valence-corrected chi connectivity index (χ1v) is 4.16. The van der Waals surface area contributed by atoms with Crippen LogP contribution in [0, 0.1) is 23.7 Å². The van der Waals surface area contributed by atoms with E-state index in [0.29, 0.717) is 0 Å². The maximum absolute atomic E-state index is 3.35. The summed E-state index contributed by atoms with van der Waals surface area (Å²) in [7, 11) is 0. The maximum atomic E-state index is 3.35. The van der Waals surface area contributed by atoms with E-state index < -0.39 is 0 Å². The third kappa shape index (κ3) is 0.493. The van der Waals surface area contributed by atoms with Crippen LogP contribution in [0.1, 0.15) is 12.8 Å². The molecule has 1 heteroatoms. The summed E-state index contributed by atoms with van der Waals surface area (Å²) in [6, 6.07) is 0. The second-order valence-electron chi connectivity index (χ2n) is 3.98. The molecule has 3 rings (SSSR count). The molecule has 0 aromatic rings. The number of hydrogen-bond acceptors (Lipinski definition) is 1. The van der Waals surface area contributed by atoms with E-state index in [1.165, 1.54) is 24.9 Å². The largest absolute Gasteiger partial charge is 0.316 e. The van der Waals surface area contributed by atoms with Crippen LogP contribution in [0.15, 0.2) is 0 Å². The van der Waals surface area contributed by atoms with Gasteiger partial charge in [0.05, 0.1) is 0 Å². The highest BCUT2D eigenvalue weighted by Crippen LogP contribution is 2.62. The van der Waals surface area contributed by atoms with Crippen molar-refractivity contribution in [3.8, 4) is 0 Å². The van der Waals surface area contributed by atoms with Gasteiger partial charge in [-0.3, -0.25) is 0 Å². The van der Waals surface area contributed by atoms with Crippen LogP contribution >= 0.6 is 0 Å². The van der Waals surface area contributed by atoms with Gasteiger partial charge in [0, 0.05) is 0 Å². The Morgan fingerprint density at radius 1 is 0.889 bits per heavy atom. The highest BCUT2D eigenvalue weighted by molar-refractivity contribution is 5.06. The minimum absolute atomic E-state index is 1.09. The second-order valence-corrected chi connectivity index (χ2v) is 3.98. The Hall–Kier alpha value is -0.0400. The molecule has 3 fully saturated rings. The van der Waals surface area contributed by atoms with Crippen LogP contribution in [0.5, 0.6) is 0 Å². The average Bonchev–Trinajstić information content (AvgIpc) is 2.29. The second kappa shape index (κ2) is 1.34.